The van der Waals surface area contributed by atoms with Crippen LogP contribution in [0.3, 0.4) is 0 Å². The number of benzene rings is 2. The number of fused-ring (bicyclic) bond motifs is 1. The molecule has 8 heteroatoms. The van der Waals surface area contributed by atoms with Crippen molar-refractivity contribution >= 4 is 23.5 Å². The van der Waals surface area contributed by atoms with Crippen LogP contribution in [0.4, 0.5) is 10.5 Å². The summed E-state index contributed by atoms with van der Waals surface area (Å²) in [6.07, 6.45) is 1.27. The number of amides is 4. The Labute approximate surface area is 187 Å². The predicted molar refractivity (Wildman–Crippen MR) is 120 cm³/mol. The van der Waals surface area contributed by atoms with Gasteiger partial charge in [0.15, 0.2) is 0 Å². The molecule has 0 aromatic heterocycles. The molecule has 0 bridgehead atoms. The van der Waals surface area contributed by atoms with Crippen LogP contribution < -0.4 is 16.0 Å². The molecule has 8 nitrogen and oxygen atoms in total. The molecule has 2 aromatic carbocycles. The monoisotopic (exact) mass is 436 g/mol. The fourth-order valence-corrected chi connectivity index (χ4v) is 4.17. The first-order chi connectivity index (χ1) is 15.5. The minimum Gasteiger partial charge on any atom is -0.374 e. The van der Waals surface area contributed by atoms with E-state index in [-0.39, 0.29) is 30.5 Å². The number of hydrogen-bond donors (Lipinski definition) is 3. The van der Waals surface area contributed by atoms with Gasteiger partial charge in [-0.25, -0.2) is 4.79 Å². The predicted octanol–water partition coefficient (Wildman–Crippen LogP) is 2.06. The number of rotatable bonds is 7. The van der Waals surface area contributed by atoms with Gasteiger partial charge in [0.1, 0.15) is 12.1 Å². The van der Waals surface area contributed by atoms with Crippen LogP contribution in [0.5, 0.6) is 0 Å². The highest BCUT2D eigenvalue weighted by atomic mass is 16.5. The molecule has 3 N–H and O–H groups in total. The van der Waals surface area contributed by atoms with Crippen LogP contribution in [0.15, 0.2) is 54.6 Å². The van der Waals surface area contributed by atoms with Crippen molar-refractivity contribution in [3.8, 4) is 0 Å². The van der Waals surface area contributed by atoms with Crippen molar-refractivity contribution < 1.29 is 19.1 Å². The quantitative estimate of drug-likeness (QED) is 0.619. The van der Waals surface area contributed by atoms with E-state index < -0.39 is 12.1 Å². The highest BCUT2D eigenvalue weighted by Crippen LogP contribution is 2.23. The second-order valence-corrected chi connectivity index (χ2v) is 8.15. The summed E-state index contributed by atoms with van der Waals surface area (Å²) in [7, 11) is 0. The fourth-order valence-electron chi connectivity index (χ4n) is 4.17. The lowest BCUT2D eigenvalue weighted by atomic mass is 10.1. The first-order valence-electron chi connectivity index (χ1n) is 10.9. The van der Waals surface area contributed by atoms with Crippen molar-refractivity contribution in [1.82, 2.24) is 15.5 Å². The summed E-state index contributed by atoms with van der Waals surface area (Å²) >= 11 is 0. The van der Waals surface area contributed by atoms with Gasteiger partial charge in [0.05, 0.1) is 19.3 Å². The van der Waals surface area contributed by atoms with Gasteiger partial charge in [-0.15, -0.1) is 0 Å². The molecule has 2 heterocycles. The zero-order chi connectivity index (χ0) is 22.5. The van der Waals surface area contributed by atoms with E-state index >= 15 is 0 Å². The topological polar surface area (TPSA) is 99.8 Å². The maximum Gasteiger partial charge on any atom is 0.319 e. The molecule has 168 valence electrons. The Morgan fingerprint density at radius 3 is 2.69 bits per heavy atom. The molecule has 0 aliphatic carbocycles. The van der Waals surface area contributed by atoms with Crippen LogP contribution in [0.1, 0.15) is 24.5 Å². The maximum absolute atomic E-state index is 12.9. The number of anilines is 1. The van der Waals surface area contributed by atoms with Crippen molar-refractivity contribution in [3.05, 3.63) is 65.7 Å². The zero-order valence-corrected chi connectivity index (χ0v) is 18.0. The third-order valence-electron chi connectivity index (χ3n) is 5.83. The summed E-state index contributed by atoms with van der Waals surface area (Å²) in [5.41, 5.74) is 2.84. The molecule has 0 unspecified atom stereocenters. The van der Waals surface area contributed by atoms with Gasteiger partial charge in [0.25, 0.3) is 0 Å². The summed E-state index contributed by atoms with van der Waals surface area (Å²) in [6, 6.07) is 15.4. The Kier molecular flexibility index (Phi) is 6.70. The van der Waals surface area contributed by atoms with Crippen LogP contribution in [-0.2, 0) is 27.4 Å². The van der Waals surface area contributed by atoms with Gasteiger partial charge in [-0.1, -0.05) is 49.4 Å². The van der Waals surface area contributed by atoms with Crippen LogP contribution in [0.2, 0.25) is 0 Å². The van der Waals surface area contributed by atoms with E-state index in [1.54, 1.807) is 4.90 Å². The van der Waals surface area contributed by atoms with Crippen molar-refractivity contribution in [2.75, 3.05) is 18.5 Å². The van der Waals surface area contributed by atoms with Gasteiger partial charge >= 0.3 is 6.03 Å². The standard InChI is InChI=1S/C24H28N4O4/c1-2-16-9-6-10-18(11-16)25-24(31)26-19-12-21-22(29)27-20(23(30)28(21)13-19)15-32-14-17-7-4-3-5-8-17/h3-11,19-21H,2,12-15H2,1H3,(H,27,29)(H2,25,26,31)/t19-,20-,21-/m0/s1. The van der Waals surface area contributed by atoms with Crippen molar-refractivity contribution in [2.45, 2.75) is 44.5 Å². The zero-order valence-electron chi connectivity index (χ0n) is 18.0. The lowest BCUT2D eigenvalue weighted by Crippen LogP contribution is -2.62. The molecular formula is C24H28N4O4. The molecule has 2 aromatic rings. The van der Waals surface area contributed by atoms with Gasteiger partial charge in [0.2, 0.25) is 11.8 Å². The molecule has 4 rings (SSSR count). The van der Waals surface area contributed by atoms with E-state index in [4.69, 9.17) is 4.74 Å². The molecule has 0 spiro atoms. The van der Waals surface area contributed by atoms with E-state index in [2.05, 4.69) is 22.9 Å². The van der Waals surface area contributed by atoms with Crippen molar-refractivity contribution in [1.29, 1.82) is 0 Å². The second-order valence-electron chi connectivity index (χ2n) is 8.15. The number of nitrogens with zero attached hydrogens (tertiary/aromatic N) is 1. The third-order valence-corrected chi connectivity index (χ3v) is 5.83. The van der Waals surface area contributed by atoms with E-state index in [0.717, 1.165) is 17.5 Å². The number of carbonyl (C=O) groups is 3. The average molecular weight is 437 g/mol. The van der Waals surface area contributed by atoms with Crippen LogP contribution in [0.25, 0.3) is 0 Å². The lowest BCUT2D eigenvalue weighted by Gasteiger charge is -2.34. The molecule has 32 heavy (non-hydrogen) atoms. The summed E-state index contributed by atoms with van der Waals surface area (Å²) in [5, 5.41) is 8.48. The Balaban J connectivity index is 1.29. The van der Waals surface area contributed by atoms with Gasteiger partial charge in [0, 0.05) is 12.2 Å². The minimum absolute atomic E-state index is 0.106. The Bertz CT molecular complexity index is 981. The first kappa shape index (κ1) is 21.8. The highest BCUT2D eigenvalue weighted by Gasteiger charge is 2.46. The first-order valence-corrected chi connectivity index (χ1v) is 10.9. The number of nitrogens with one attached hydrogen (secondary N) is 3. The number of urea groups is 1. The van der Waals surface area contributed by atoms with E-state index in [0.29, 0.717) is 25.3 Å². The molecule has 2 aliphatic heterocycles. The smallest absolute Gasteiger partial charge is 0.319 e. The largest absolute Gasteiger partial charge is 0.374 e. The Morgan fingerprint density at radius 1 is 1.12 bits per heavy atom. The molecule has 0 radical (unpaired) electrons. The third kappa shape index (κ3) is 5.08. The molecular weight excluding hydrogens is 408 g/mol. The number of aryl methyl sites for hydroxylation is 1. The van der Waals surface area contributed by atoms with Crippen LogP contribution in [-0.4, -0.2) is 54.0 Å². The van der Waals surface area contributed by atoms with Crippen LogP contribution >= 0.6 is 0 Å². The Morgan fingerprint density at radius 2 is 1.91 bits per heavy atom. The summed E-state index contributed by atoms with van der Waals surface area (Å²) in [5.74, 6) is -0.388. The fraction of sp³-hybridized carbons (Fsp3) is 0.375. The number of hydrogen-bond acceptors (Lipinski definition) is 4. The van der Waals surface area contributed by atoms with E-state index in [9.17, 15) is 14.4 Å². The van der Waals surface area contributed by atoms with Crippen molar-refractivity contribution in [3.63, 3.8) is 0 Å². The maximum atomic E-state index is 12.9. The van der Waals surface area contributed by atoms with Gasteiger partial charge in [-0.3, -0.25) is 9.59 Å². The van der Waals surface area contributed by atoms with Gasteiger partial charge < -0.3 is 25.6 Å². The second kappa shape index (κ2) is 9.82. The number of ether oxygens (including phenoxy) is 1. The average Bonchev–Trinajstić information content (AvgIpc) is 3.22. The van der Waals surface area contributed by atoms with Crippen molar-refractivity contribution in [2.24, 2.45) is 0 Å². The van der Waals surface area contributed by atoms with Gasteiger partial charge in [-0.05, 0) is 36.1 Å². The number of carbonyl (C=O) groups excluding carboxylic acids is 3. The molecule has 2 fully saturated rings. The molecule has 2 aliphatic rings. The highest BCUT2D eigenvalue weighted by molar-refractivity contribution is 5.98. The minimum atomic E-state index is -0.716. The lowest BCUT2D eigenvalue weighted by molar-refractivity contribution is -0.148. The summed E-state index contributed by atoms with van der Waals surface area (Å²) in [4.78, 5) is 39.4. The number of piperazine rings is 1. The van der Waals surface area contributed by atoms with Gasteiger partial charge in [-0.2, -0.15) is 0 Å². The van der Waals surface area contributed by atoms with Crippen LogP contribution in [0, 0.1) is 0 Å². The molecule has 4 amide bonds. The normalized spacial score (nSPS) is 22.3. The SMILES string of the molecule is CCc1cccc(NC(=O)N[C@H]2C[C@H]3C(=O)N[C@@H](COCc4ccccc4)C(=O)N3C2)c1. The summed E-state index contributed by atoms with van der Waals surface area (Å²) < 4.78 is 5.66. The molecule has 3 atom stereocenters. The van der Waals surface area contributed by atoms with E-state index in [1.807, 2.05) is 54.6 Å². The molecule has 0 saturated carbocycles. The molecule has 2 saturated heterocycles. The Hall–Kier alpha value is -3.39. The summed E-state index contributed by atoms with van der Waals surface area (Å²) in [6.45, 7) is 2.83. The van der Waals surface area contributed by atoms with E-state index in [1.165, 1.54) is 0 Å².